The molecule has 0 saturated carbocycles. The summed E-state index contributed by atoms with van der Waals surface area (Å²) in [6.07, 6.45) is 1.32. The Morgan fingerprint density at radius 3 is 2.29 bits per heavy atom. The van der Waals surface area contributed by atoms with E-state index in [9.17, 15) is 14.4 Å². The molecule has 146 valence electrons. The summed E-state index contributed by atoms with van der Waals surface area (Å²) in [6, 6.07) is 9.19. The minimum Gasteiger partial charge on any atom is -0.479 e. The summed E-state index contributed by atoms with van der Waals surface area (Å²) in [5.74, 6) is -1.78. The van der Waals surface area contributed by atoms with Gasteiger partial charge in [-0.2, -0.15) is 5.10 Å². The van der Waals surface area contributed by atoms with Gasteiger partial charge in [-0.15, -0.1) is 0 Å². The number of nitrogens with one attached hydrogen (secondary N) is 2. The van der Waals surface area contributed by atoms with Gasteiger partial charge in [0.1, 0.15) is 0 Å². The van der Waals surface area contributed by atoms with Gasteiger partial charge in [0.05, 0.1) is 16.3 Å². The van der Waals surface area contributed by atoms with E-state index < -0.39 is 18.5 Å². The minimum atomic E-state index is -1.16. The summed E-state index contributed by atoms with van der Waals surface area (Å²) in [6.45, 7) is 0.808. The molecule has 2 aromatic rings. The van der Waals surface area contributed by atoms with Crippen LogP contribution in [0.15, 0.2) is 41.5 Å². The number of carboxylic acid groups (broad SMARTS) is 1. The van der Waals surface area contributed by atoms with E-state index in [1.807, 2.05) is 0 Å². The summed E-state index contributed by atoms with van der Waals surface area (Å²) < 4.78 is 5.01. The SMILES string of the molecule is CC(=O)Nc1ccc(C(=O)N/N=C\c2cc(Cl)c(OCC(=O)O)c(Cl)c2)cc1. The molecular weight excluding hydrogens is 409 g/mol. The molecule has 0 radical (unpaired) electrons. The number of rotatable bonds is 7. The quantitative estimate of drug-likeness (QED) is 0.466. The van der Waals surface area contributed by atoms with Crippen molar-refractivity contribution in [2.24, 2.45) is 5.10 Å². The van der Waals surface area contributed by atoms with Crippen LogP contribution in [0.3, 0.4) is 0 Å². The van der Waals surface area contributed by atoms with Crippen molar-refractivity contribution < 1.29 is 24.2 Å². The van der Waals surface area contributed by atoms with Gasteiger partial charge in [-0.3, -0.25) is 9.59 Å². The first-order valence-electron chi connectivity index (χ1n) is 7.81. The number of aliphatic carboxylic acids is 1. The highest BCUT2D eigenvalue weighted by Gasteiger charge is 2.11. The van der Waals surface area contributed by atoms with Crippen molar-refractivity contribution in [1.29, 1.82) is 0 Å². The first-order valence-corrected chi connectivity index (χ1v) is 8.56. The zero-order valence-electron chi connectivity index (χ0n) is 14.5. The van der Waals surface area contributed by atoms with Crippen molar-refractivity contribution in [2.45, 2.75) is 6.92 Å². The number of carboxylic acids is 1. The van der Waals surface area contributed by atoms with E-state index in [1.165, 1.54) is 25.3 Å². The summed E-state index contributed by atoms with van der Waals surface area (Å²) in [4.78, 5) is 33.6. The van der Waals surface area contributed by atoms with Crippen molar-refractivity contribution in [2.75, 3.05) is 11.9 Å². The lowest BCUT2D eigenvalue weighted by Gasteiger charge is -2.08. The molecule has 8 nitrogen and oxygen atoms in total. The Morgan fingerprint density at radius 2 is 1.75 bits per heavy atom. The average Bonchev–Trinajstić information content (AvgIpc) is 2.60. The molecule has 0 saturated heterocycles. The first kappa shape index (κ1) is 21.2. The highest BCUT2D eigenvalue weighted by Crippen LogP contribution is 2.33. The van der Waals surface area contributed by atoms with Crippen LogP contribution in [0, 0.1) is 0 Å². The molecule has 2 aromatic carbocycles. The highest BCUT2D eigenvalue weighted by atomic mass is 35.5. The number of halogens is 2. The molecule has 2 amide bonds. The molecule has 0 bridgehead atoms. The van der Waals surface area contributed by atoms with E-state index in [0.29, 0.717) is 16.8 Å². The van der Waals surface area contributed by atoms with E-state index in [2.05, 4.69) is 15.8 Å². The lowest BCUT2D eigenvalue weighted by Crippen LogP contribution is -2.17. The molecular formula is C18H15Cl2N3O5. The van der Waals surface area contributed by atoms with Crippen molar-refractivity contribution in [3.8, 4) is 5.75 Å². The third-order valence-corrected chi connectivity index (χ3v) is 3.77. The van der Waals surface area contributed by atoms with Gasteiger partial charge >= 0.3 is 5.97 Å². The van der Waals surface area contributed by atoms with Gasteiger partial charge in [0, 0.05) is 18.2 Å². The summed E-state index contributed by atoms with van der Waals surface area (Å²) in [5.41, 5.74) is 3.74. The van der Waals surface area contributed by atoms with Crippen LogP contribution in [0.25, 0.3) is 0 Å². The second-order valence-corrected chi connectivity index (χ2v) is 6.27. The van der Waals surface area contributed by atoms with Crippen LogP contribution in [0.5, 0.6) is 5.75 Å². The number of benzene rings is 2. The molecule has 10 heteroatoms. The lowest BCUT2D eigenvalue weighted by atomic mass is 10.2. The van der Waals surface area contributed by atoms with Gasteiger partial charge in [0.15, 0.2) is 12.4 Å². The van der Waals surface area contributed by atoms with Crippen LogP contribution >= 0.6 is 23.2 Å². The van der Waals surface area contributed by atoms with Crippen molar-refractivity contribution >= 4 is 52.9 Å². The zero-order valence-corrected chi connectivity index (χ0v) is 16.0. The topological polar surface area (TPSA) is 117 Å². The minimum absolute atomic E-state index is 0.0474. The van der Waals surface area contributed by atoms with Crippen LogP contribution in [-0.2, 0) is 9.59 Å². The molecule has 0 aliphatic rings. The van der Waals surface area contributed by atoms with E-state index in [1.54, 1.807) is 24.3 Å². The Balaban J connectivity index is 2.01. The molecule has 0 aliphatic carbocycles. The average molecular weight is 424 g/mol. The normalized spacial score (nSPS) is 10.5. The van der Waals surface area contributed by atoms with Crippen LogP contribution in [-0.4, -0.2) is 35.7 Å². The van der Waals surface area contributed by atoms with Crippen LogP contribution < -0.4 is 15.5 Å². The Hall–Kier alpha value is -3.10. The maximum absolute atomic E-state index is 12.1. The monoisotopic (exact) mass is 423 g/mol. The largest absolute Gasteiger partial charge is 0.479 e. The van der Waals surface area contributed by atoms with Gasteiger partial charge in [-0.05, 0) is 42.0 Å². The van der Waals surface area contributed by atoms with Gasteiger partial charge in [0.25, 0.3) is 5.91 Å². The van der Waals surface area contributed by atoms with Gasteiger partial charge in [0.2, 0.25) is 5.91 Å². The second-order valence-electron chi connectivity index (χ2n) is 5.45. The number of hydrogen-bond acceptors (Lipinski definition) is 5. The number of anilines is 1. The molecule has 28 heavy (non-hydrogen) atoms. The Morgan fingerprint density at radius 1 is 1.14 bits per heavy atom. The summed E-state index contributed by atoms with van der Waals surface area (Å²) in [7, 11) is 0. The van der Waals surface area contributed by atoms with Crippen LogP contribution in [0.4, 0.5) is 5.69 Å². The van der Waals surface area contributed by atoms with Crippen molar-refractivity contribution in [3.05, 3.63) is 57.6 Å². The smallest absolute Gasteiger partial charge is 0.341 e. The molecule has 3 N–H and O–H groups in total. The fraction of sp³-hybridized carbons (Fsp3) is 0.111. The van der Waals surface area contributed by atoms with Gasteiger partial charge in [-0.25, -0.2) is 10.2 Å². The number of carbonyl (C=O) groups excluding carboxylic acids is 2. The number of carbonyl (C=O) groups is 3. The van der Waals surface area contributed by atoms with Crippen LogP contribution in [0.2, 0.25) is 10.0 Å². The maximum Gasteiger partial charge on any atom is 0.341 e. The van der Waals surface area contributed by atoms with Crippen molar-refractivity contribution in [1.82, 2.24) is 5.43 Å². The number of hydrazone groups is 1. The predicted octanol–water partition coefficient (Wildman–Crippen LogP) is 3.18. The molecule has 0 atom stereocenters. The summed E-state index contributed by atoms with van der Waals surface area (Å²) >= 11 is 12.0. The van der Waals surface area contributed by atoms with E-state index in [0.717, 1.165) is 0 Å². The molecule has 0 heterocycles. The first-order chi connectivity index (χ1) is 13.3. The zero-order chi connectivity index (χ0) is 20.7. The maximum atomic E-state index is 12.1. The van der Waals surface area contributed by atoms with E-state index in [4.69, 9.17) is 33.0 Å². The molecule has 0 aromatic heterocycles. The molecule has 0 unspecified atom stereocenters. The highest BCUT2D eigenvalue weighted by molar-refractivity contribution is 6.37. The summed E-state index contributed by atoms with van der Waals surface area (Å²) in [5, 5.41) is 15.3. The fourth-order valence-electron chi connectivity index (χ4n) is 2.06. The second kappa shape index (κ2) is 9.72. The van der Waals surface area contributed by atoms with Gasteiger partial charge < -0.3 is 15.2 Å². The Labute approximate surface area is 170 Å². The Bertz CT molecular complexity index is 906. The molecule has 0 aliphatic heterocycles. The van der Waals surface area contributed by atoms with E-state index in [-0.39, 0.29) is 21.7 Å². The Kier molecular flexibility index (Phi) is 7.36. The number of amides is 2. The van der Waals surface area contributed by atoms with E-state index >= 15 is 0 Å². The number of nitrogens with zero attached hydrogens (tertiary/aromatic N) is 1. The number of ether oxygens (including phenoxy) is 1. The van der Waals surface area contributed by atoms with Crippen LogP contribution in [0.1, 0.15) is 22.8 Å². The molecule has 0 spiro atoms. The molecule has 2 rings (SSSR count). The third kappa shape index (κ3) is 6.26. The fourth-order valence-corrected chi connectivity index (χ4v) is 2.68. The lowest BCUT2D eigenvalue weighted by molar-refractivity contribution is -0.139. The standard InChI is InChI=1S/C18H15Cl2N3O5/c1-10(24)22-13-4-2-12(3-5-13)18(27)23-21-8-11-6-14(19)17(15(20)7-11)28-9-16(25)26/h2-8H,9H2,1H3,(H,22,24)(H,23,27)(H,25,26)/b21-8-. The van der Waals surface area contributed by atoms with Gasteiger partial charge in [-0.1, -0.05) is 23.2 Å². The number of hydrogen-bond donors (Lipinski definition) is 3. The molecule has 0 fully saturated rings. The third-order valence-electron chi connectivity index (χ3n) is 3.21. The predicted molar refractivity (Wildman–Crippen MR) is 105 cm³/mol. The van der Waals surface area contributed by atoms with Crippen molar-refractivity contribution in [3.63, 3.8) is 0 Å².